The molecule has 4 N–H and O–H groups in total. The molecule has 2 aromatic carbocycles. The van der Waals surface area contributed by atoms with E-state index in [1.807, 2.05) is 30.3 Å². The fraction of sp³-hybridized carbons (Fsp3) is 0.517. The molecule has 1 aliphatic heterocycles. The number of nitrogens with one attached hydrogen (secondary N) is 1. The van der Waals surface area contributed by atoms with Gasteiger partial charge in [0.1, 0.15) is 0 Å². The highest BCUT2D eigenvalue weighted by Gasteiger charge is 2.68. The summed E-state index contributed by atoms with van der Waals surface area (Å²) in [5.41, 5.74) is 9.08. The average Bonchev–Trinajstić information content (AvgIpc) is 3.59. The van der Waals surface area contributed by atoms with Gasteiger partial charge in [0.25, 0.3) is 0 Å². The highest BCUT2D eigenvalue weighted by Crippen LogP contribution is 2.61. The second kappa shape index (κ2) is 8.17. The summed E-state index contributed by atoms with van der Waals surface area (Å²) < 4.78 is 0. The maximum atomic E-state index is 13.4. The van der Waals surface area contributed by atoms with Gasteiger partial charge in [0.2, 0.25) is 11.8 Å². The van der Waals surface area contributed by atoms with Gasteiger partial charge in [-0.1, -0.05) is 35.9 Å². The van der Waals surface area contributed by atoms with Crippen LogP contribution in [0.25, 0.3) is 0 Å². The van der Waals surface area contributed by atoms with Crippen LogP contribution in [0.15, 0.2) is 42.5 Å². The van der Waals surface area contributed by atoms with Crippen molar-refractivity contribution in [3.8, 4) is 0 Å². The summed E-state index contributed by atoms with van der Waals surface area (Å²) in [7, 11) is 0. The van der Waals surface area contributed by atoms with Crippen LogP contribution in [0.5, 0.6) is 0 Å². The predicted molar refractivity (Wildman–Crippen MR) is 134 cm³/mol. The summed E-state index contributed by atoms with van der Waals surface area (Å²) in [6, 6.07) is 13.9. The number of aliphatic hydroxyl groups is 1. The molecule has 0 aromatic heterocycles. The molecule has 2 aromatic rings. The number of amides is 2. The molecule has 3 aliphatic carbocycles. The topological polar surface area (TPSA) is 95.7 Å². The first-order chi connectivity index (χ1) is 16.8. The lowest BCUT2D eigenvalue weighted by Gasteiger charge is -2.59. The van der Waals surface area contributed by atoms with Crippen LogP contribution in [0.2, 0.25) is 0 Å². The Balaban J connectivity index is 1.32. The fourth-order valence-corrected chi connectivity index (χ4v) is 7.22. The maximum Gasteiger partial charge on any atom is 0.248 e. The third kappa shape index (κ3) is 3.69. The molecular formula is C29H35N3O3. The standard InChI is InChI=1S/C29H35N3O3/c1-18-2-4-19(5-3-18)16-31-27(34)23-14-28-10-11-32(17-20-6-7-20)25(29(28,35)15-23)13-21-8-9-22(26(30)33)12-24(21)28/h2-5,8-9,12,20,23,25,35H,6-7,10-11,13-17H2,1H3,(H2,30,33)(H,31,34)/t23-,25-,28-,29-/m1/s1. The first-order valence-corrected chi connectivity index (χ1v) is 13.0. The van der Waals surface area contributed by atoms with Gasteiger partial charge in [0.15, 0.2) is 0 Å². The van der Waals surface area contributed by atoms with E-state index in [-0.39, 0.29) is 17.9 Å². The lowest BCUT2D eigenvalue weighted by Crippen LogP contribution is -2.69. The minimum Gasteiger partial charge on any atom is -0.387 e. The van der Waals surface area contributed by atoms with Crippen molar-refractivity contribution in [2.75, 3.05) is 13.1 Å². The summed E-state index contributed by atoms with van der Waals surface area (Å²) in [6.07, 6.45) is 5.15. The second-order valence-corrected chi connectivity index (χ2v) is 11.5. The number of fused-ring (bicyclic) bond motifs is 1. The van der Waals surface area contributed by atoms with Crippen molar-refractivity contribution in [3.63, 3.8) is 0 Å². The van der Waals surface area contributed by atoms with Crippen molar-refractivity contribution < 1.29 is 14.7 Å². The summed E-state index contributed by atoms with van der Waals surface area (Å²) >= 11 is 0. The van der Waals surface area contributed by atoms with Gasteiger partial charge in [0.05, 0.1) is 5.60 Å². The van der Waals surface area contributed by atoms with Crippen LogP contribution in [-0.4, -0.2) is 46.6 Å². The number of primary amides is 1. The van der Waals surface area contributed by atoms with Crippen LogP contribution < -0.4 is 11.1 Å². The van der Waals surface area contributed by atoms with E-state index in [4.69, 9.17) is 5.73 Å². The lowest BCUT2D eigenvalue weighted by atomic mass is 9.56. The third-order valence-electron chi connectivity index (χ3n) is 9.27. The van der Waals surface area contributed by atoms with Crippen molar-refractivity contribution in [2.45, 2.75) is 69.1 Å². The normalized spacial score (nSPS) is 31.5. The molecule has 6 heteroatoms. The van der Waals surface area contributed by atoms with Gasteiger partial charge >= 0.3 is 0 Å². The Morgan fingerprint density at radius 1 is 1.14 bits per heavy atom. The second-order valence-electron chi connectivity index (χ2n) is 11.5. The Morgan fingerprint density at radius 3 is 2.63 bits per heavy atom. The number of carbonyl (C=O) groups excluding carboxylic acids is 2. The minimum atomic E-state index is -0.991. The number of nitrogens with zero attached hydrogens (tertiary/aromatic N) is 1. The van der Waals surface area contributed by atoms with Gasteiger partial charge < -0.3 is 16.2 Å². The Hall–Kier alpha value is -2.70. The molecule has 1 saturated heterocycles. The highest BCUT2D eigenvalue weighted by molar-refractivity contribution is 5.93. The minimum absolute atomic E-state index is 0.00123. The zero-order valence-corrected chi connectivity index (χ0v) is 20.4. The molecular weight excluding hydrogens is 438 g/mol. The number of carbonyl (C=O) groups is 2. The van der Waals surface area contributed by atoms with Gasteiger partial charge in [-0.2, -0.15) is 0 Å². The molecule has 0 spiro atoms. The molecule has 0 unspecified atom stereocenters. The third-order valence-corrected chi connectivity index (χ3v) is 9.27. The van der Waals surface area contributed by atoms with Crippen molar-refractivity contribution in [1.29, 1.82) is 0 Å². The Bertz CT molecular complexity index is 1170. The summed E-state index contributed by atoms with van der Waals surface area (Å²) in [4.78, 5) is 27.9. The quantitative estimate of drug-likeness (QED) is 0.601. The maximum absolute atomic E-state index is 13.4. The van der Waals surface area contributed by atoms with E-state index in [1.165, 1.54) is 24.0 Å². The summed E-state index contributed by atoms with van der Waals surface area (Å²) in [6.45, 7) is 4.48. The Kier molecular flexibility index (Phi) is 5.31. The number of hydrogen-bond donors (Lipinski definition) is 3. The number of hydrogen-bond acceptors (Lipinski definition) is 4. The van der Waals surface area contributed by atoms with Gasteiger partial charge in [-0.3, -0.25) is 14.5 Å². The van der Waals surface area contributed by atoms with Gasteiger partial charge in [-0.05, 0) is 86.7 Å². The van der Waals surface area contributed by atoms with Crippen LogP contribution in [0.3, 0.4) is 0 Å². The number of nitrogens with two attached hydrogens (primary N) is 1. The van der Waals surface area contributed by atoms with E-state index in [2.05, 4.69) is 29.3 Å². The number of piperidine rings is 1. The first-order valence-electron chi connectivity index (χ1n) is 13.0. The lowest BCUT2D eigenvalue weighted by molar-refractivity contribution is -0.134. The fourth-order valence-electron chi connectivity index (χ4n) is 7.22. The van der Waals surface area contributed by atoms with E-state index in [9.17, 15) is 14.7 Å². The van der Waals surface area contributed by atoms with E-state index >= 15 is 0 Å². The van der Waals surface area contributed by atoms with E-state index in [1.54, 1.807) is 0 Å². The summed E-state index contributed by atoms with van der Waals surface area (Å²) in [5, 5.41) is 15.6. The van der Waals surface area contributed by atoms with Crippen molar-refractivity contribution in [3.05, 3.63) is 70.3 Å². The van der Waals surface area contributed by atoms with Crippen LogP contribution in [0.1, 0.15) is 64.7 Å². The van der Waals surface area contributed by atoms with E-state index in [0.717, 1.165) is 43.0 Å². The smallest absolute Gasteiger partial charge is 0.248 e. The zero-order chi connectivity index (χ0) is 24.4. The van der Waals surface area contributed by atoms with Crippen LogP contribution in [0, 0.1) is 18.8 Å². The summed E-state index contributed by atoms with van der Waals surface area (Å²) in [5.74, 6) is 0.0259. The van der Waals surface area contributed by atoms with Crippen molar-refractivity contribution >= 4 is 11.8 Å². The van der Waals surface area contributed by atoms with Crippen LogP contribution >= 0.6 is 0 Å². The zero-order valence-electron chi connectivity index (χ0n) is 20.4. The van der Waals surface area contributed by atoms with Crippen LogP contribution in [0.4, 0.5) is 0 Å². The first kappa shape index (κ1) is 22.7. The molecule has 35 heavy (non-hydrogen) atoms. The molecule has 184 valence electrons. The Morgan fingerprint density at radius 2 is 1.91 bits per heavy atom. The number of aryl methyl sites for hydroxylation is 1. The molecule has 2 saturated carbocycles. The molecule has 4 atom stereocenters. The molecule has 6 nitrogen and oxygen atoms in total. The Labute approximate surface area is 206 Å². The number of rotatable bonds is 6. The number of likely N-dealkylation sites (tertiary alicyclic amines) is 1. The van der Waals surface area contributed by atoms with E-state index in [0.29, 0.717) is 24.9 Å². The molecule has 1 heterocycles. The number of benzene rings is 2. The molecule has 6 rings (SSSR count). The SMILES string of the molecule is Cc1ccc(CNC(=O)[C@@H]2C[C@]34CCN(CC5CC5)[C@H](Cc5ccc(C(N)=O)cc53)[C@]4(O)C2)cc1. The molecule has 3 fully saturated rings. The van der Waals surface area contributed by atoms with Crippen molar-refractivity contribution in [2.24, 2.45) is 17.6 Å². The highest BCUT2D eigenvalue weighted by atomic mass is 16.3. The predicted octanol–water partition coefficient (Wildman–Crippen LogP) is 2.83. The van der Waals surface area contributed by atoms with Gasteiger partial charge in [0, 0.05) is 36.0 Å². The molecule has 0 radical (unpaired) electrons. The average molecular weight is 474 g/mol. The molecule has 4 aliphatic rings. The van der Waals surface area contributed by atoms with E-state index < -0.39 is 16.9 Å². The molecule has 2 amide bonds. The monoisotopic (exact) mass is 473 g/mol. The molecule has 2 bridgehead atoms. The van der Waals surface area contributed by atoms with Crippen LogP contribution in [-0.2, 0) is 23.2 Å². The largest absolute Gasteiger partial charge is 0.387 e. The van der Waals surface area contributed by atoms with Crippen molar-refractivity contribution in [1.82, 2.24) is 10.2 Å². The van der Waals surface area contributed by atoms with Gasteiger partial charge in [-0.15, -0.1) is 0 Å². The van der Waals surface area contributed by atoms with Gasteiger partial charge in [-0.25, -0.2) is 0 Å².